The second kappa shape index (κ2) is 8.54. The molecule has 0 radical (unpaired) electrons. The third kappa shape index (κ3) is 4.95. The van der Waals surface area contributed by atoms with Gasteiger partial charge in [0.2, 0.25) is 0 Å². The molecule has 0 fully saturated rings. The molecule has 0 saturated heterocycles. The number of hydrogen-bond donors (Lipinski definition) is 1. The monoisotopic (exact) mass is 236 g/mol. The molecule has 1 unspecified atom stereocenters. The molecule has 0 bridgehead atoms. The van der Waals surface area contributed by atoms with Gasteiger partial charge in [0.05, 0.1) is 8.80 Å². The Morgan fingerprint density at radius 3 is 2.31 bits per heavy atom. The lowest BCUT2D eigenvalue weighted by Crippen LogP contribution is -2.29. The predicted octanol–water partition coefficient (Wildman–Crippen LogP) is 2.69. The van der Waals surface area contributed by atoms with E-state index in [9.17, 15) is 0 Å². The van der Waals surface area contributed by atoms with Crippen LogP contribution in [0.1, 0.15) is 32.6 Å². The highest BCUT2D eigenvalue weighted by molar-refractivity contribution is 6.73. The number of aliphatic hydroxyl groups excluding tert-OH is 1. The van der Waals surface area contributed by atoms with Gasteiger partial charge in [0.25, 0.3) is 0 Å². The van der Waals surface area contributed by atoms with E-state index in [2.05, 4.69) is 37.3 Å². The quantitative estimate of drug-likeness (QED) is 0.543. The fourth-order valence-corrected chi connectivity index (χ4v) is 5.36. The van der Waals surface area contributed by atoms with Crippen LogP contribution in [0, 0.1) is 0 Å². The summed E-state index contributed by atoms with van der Waals surface area (Å²) in [7, 11) is -0.801. The first-order valence-corrected chi connectivity index (χ1v) is 8.75. The Bertz CT molecular complexity index is 261. The lowest BCUT2D eigenvalue weighted by atomic mass is 10.3. The van der Waals surface area contributed by atoms with Gasteiger partial charge in [-0.1, -0.05) is 73.8 Å². The third-order valence-electron chi connectivity index (χ3n) is 3.14. The molecule has 2 heteroatoms. The van der Waals surface area contributed by atoms with Crippen LogP contribution in [0.15, 0.2) is 30.3 Å². The van der Waals surface area contributed by atoms with Gasteiger partial charge in [-0.3, -0.25) is 0 Å². The van der Waals surface area contributed by atoms with Gasteiger partial charge in [-0.25, -0.2) is 0 Å². The van der Waals surface area contributed by atoms with Gasteiger partial charge in [0.1, 0.15) is 0 Å². The summed E-state index contributed by atoms with van der Waals surface area (Å²) in [5, 5.41) is 10.5. The van der Waals surface area contributed by atoms with E-state index < -0.39 is 8.80 Å². The molecule has 0 aliphatic carbocycles. The first kappa shape index (κ1) is 13.5. The summed E-state index contributed by atoms with van der Waals surface area (Å²) in [4.78, 5) is 0. The van der Waals surface area contributed by atoms with Crippen molar-refractivity contribution >= 4 is 14.0 Å². The molecule has 16 heavy (non-hydrogen) atoms. The van der Waals surface area contributed by atoms with Crippen molar-refractivity contribution in [3.8, 4) is 0 Å². The van der Waals surface area contributed by atoms with E-state index in [0.717, 1.165) is 6.42 Å². The summed E-state index contributed by atoms with van der Waals surface area (Å²) < 4.78 is 0. The van der Waals surface area contributed by atoms with Crippen LogP contribution in [0.25, 0.3) is 0 Å². The van der Waals surface area contributed by atoms with Gasteiger partial charge >= 0.3 is 0 Å². The van der Waals surface area contributed by atoms with Gasteiger partial charge in [-0.2, -0.15) is 0 Å². The van der Waals surface area contributed by atoms with E-state index in [-0.39, 0.29) is 0 Å². The third-order valence-corrected chi connectivity index (χ3v) is 6.68. The van der Waals surface area contributed by atoms with Crippen LogP contribution in [0.2, 0.25) is 12.1 Å². The van der Waals surface area contributed by atoms with Crippen molar-refractivity contribution < 1.29 is 5.11 Å². The minimum atomic E-state index is -0.801. The number of unbranched alkanes of at least 4 members (excludes halogenated alkanes) is 2. The summed E-state index contributed by atoms with van der Waals surface area (Å²) >= 11 is 0. The summed E-state index contributed by atoms with van der Waals surface area (Å²) in [5.74, 6) is 0. The smallest absolute Gasteiger partial charge is 0.0709 e. The maximum atomic E-state index is 8.96. The average Bonchev–Trinajstić information content (AvgIpc) is 2.35. The van der Waals surface area contributed by atoms with E-state index in [1.807, 2.05) is 0 Å². The lowest BCUT2D eigenvalue weighted by Gasteiger charge is -2.15. The normalized spacial score (nSPS) is 12.6. The molecular formula is C14H24OSi. The Kier molecular flexibility index (Phi) is 7.18. The van der Waals surface area contributed by atoms with Crippen molar-refractivity contribution in [2.75, 3.05) is 6.61 Å². The van der Waals surface area contributed by atoms with Crippen LogP contribution in [0.3, 0.4) is 0 Å². The standard InChI is InChI=1S/C14H24OSi/c1-2-3-7-12-16(13-8-11-15)14-9-5-4-6-10-14/h4-6,9-10,15-16H,2-3,7-8,11-13H2,1H3. The Labute approximate surface area is 101 Å². The first-order chi connectivity index (χ1) is 7.88. The second-order valence-electron chi connectivity index (χ2n) is 4.47. The maximum absolute atomic E-state index is 8.96. The van der Waals surface area contributed by atoms with E-state index in [1.54, 1.807) is 5.19 Å². The zero-order chi connectivity index (χ0) is 11.6. The number of rotatable bonds is 8. The molecule has 90 valence electrons. The fourth-order valence-electron chi connectivity index (χ4n) is 2.18. The molecule has 1 nitrogen and oxygen atoms in total. The highest BCUT2D eigenvalue weighted by Crippen LogP contribution is 2.10. The minimum absolute atomic E-state index is 0.351. The SMILES string of the molecule is CCCCC[SiH](CCCO)c1ccccc1. The molecule has 1 rings (SSSR count). The molecule has 1 atom stereocenters. The summed E-state index contributed by atoms with van der Waals surface area (Å²) in [6.07, 6.45) is 5.01. The molecule has 0 saturated carbocycles. The van der Waals surface area contributed by atoms with Crippen LogP contribution in [0.4, 0.5) is 0 Å². The van der Waals surface area contributed by atoms with E-state index in [1.165, 1.54) is 31.4 Å². The van der Waals surface area contributed by atoms with Crippen molar-refractivity contribution in [2.45, 2.75) is 44.7 Å². The van der Waals surface area contributed by atoms with Crippen LogP contribution in [-0.2, 0) is 0 Å². The molecule has 1 aromatic carbocycles. The molecule has 0 heterocycles. The highest BCUT2D eigenvalue weighted by atomic mass is 28.3. The van der Waals surface area contributed by atoms with Crippen LogP contribution >= 0.6 is 0 Å². The molecular weight excluding hydrogens is 212 g/mol. The summed E-state index contributed by atoms with van der Waals surface area (Å²) in [6, 6.07) is 13.6. The molecule has 0 amide bonds. The Morgan fingerprint density at radius 2 is 1.69 bits per heavy atom. The fraction of sp³-hybridized carbons (Fsp3) is 0.571. The second-order valence-corrected chi connectivity index (χ2v) is 7.68. The maximum Gasteiger partial charge on any atom is 0.0709 e. The van der Waals surface area contributed by atoms with Crippen molar-refractivity contribution in [3.05, 3.63) is 30.3 Å². The zero-order valence-electron chi connectivity index (χ0n) is 10.4. The molecule has 0 aliphatic rings. The Balaban J connectivity index is 2.49. The van der Waals surface area contributed by atoms with Crippen LogP contribution in [-0.4, -0.2) is 20.5 Å². The number of benzene rings is 1. The van der Waals surface area contributed by atoms with E-state index in [4.69, 9.17) is 5.11 Å². The van der Waals surface area contributed by atoms with E-state index in [0.29, 0.717) is 6.61 Å². The Hall–Kier alpha value is -0.603. The van der Waals surface area contributed by atoms with Crippen LogP contribution in [0.5, 0.6) is 0 Å². The summed E-state index contributed by atoms with van der Waals surface area (Å²) in [5.41, 5.74) is 0. The van der Waals surface area contributed by atoms with E-state index >= 15 is 0 Å². The molecule has 0 aromatic heterocycles. The van der Waals surface area contributed by atoms with Gasteiger partial charge in [-0.15, -0.1) is 0 Å². The number of aliphatic hydroxyl groups is 1. The molecule has 1 N–H and O–H groups in total. The summed E-state index contributed by atoms with van der Waals surface area (Å²) in [6.45, 7) is 2.61. The predicted molar refractivity (Wildman–Crippen MR) is 74.1 cm³/mol. The van der Waals surface area contributed by atoms with Crippen molar-refractivity contribution in [1.29, 1.82) is 0 Å². The van der Waals surface area contributed by atoms with Gasteiger partial charge in [-0.05, 0) is 6.42 Å². The Morgan fingerprint density at radius 1 is 1.00 bits per heavy atom. The van der Waals surface area contributed by atoms with Crippen molar-refractivity contribution in [1.82, 2.24) is 0 Å². The van der Waals surface area contributed by atoms with Crippen molar-refractivity contribution in [2.24, 2.45) is 0 Å². The minimum Gasteiger partial charge on any atom is -0.396 e. The van der Waals surface area contributed by atoms with Gasteiger partial charge < -0.3 is 5.11 Å². The number of hydrogen-bond acceptors (Lipinski definition) is 1. The molecule has 0 spiro atoms. The average molecular weight is 236 g/mol. The largest absolute Gasteiger partial charge is 0.396 e. The zero-order valence-corrected chi connectivity index (χ0v) is 11.5. The van der Waals surface area contributed by atoms with Crippen LogP contribution < -0.4 is 5.19 Å². The van der Waals surface area contributed by atoms with Crippen molar-refractivity contribution in [3.63, 3.8) is 0 Å². The van der Waals surface area contributed by atoms with Gasteiger partial charge in [0.15, 0.2) is 0 Å². The topological polar surface area (TPSA) is 20.2 Å². The highest BCUT2D eigenvalue weighted by Gasteiger charge is 2.11. The molecule has 1 aromatic rings. The molecule has 0 aliphatic heterocycles. The lowest BCUT2D eigenvalue weighted by molar-refractivity contribution is 0.294. The van der Waals surface area contributed by atoms with Gasteiger partial charge in [0, 0.05) is 6.61 Å². The first-order valence-electron chi connectivity index (χ1n) is 6.54.